The molecule has 2 rings (SSSR count). The molecular weight excluding hydrogens is 400 g/mol. The molecule has 1 aliphatic rings. The maximum Gasteiger partial charge on any atom is 0.303 e. The summed E-state index contributed by atoms with van der Waals surface area (Å²) in [7, 11) is 0. The number of aliphatic hydroxyl groups excluding tert-OH is 1. The first-order chi connectivity index (χ1) is 14.1. The lowest BCUT2D eigenvalue weighted by molar-refractivity contribution is -0.287. The predicted octanol–water partition coefficient (Wildman–Crippen LogP) is 0.780. The molecule has 1 aliphatic heterocycles. The molecule has 164 valence electrons. The molecule has 0 aromatic heterocycles. The number of rotatable bonds is 7. The van der Waals surface area contributed by atoms with Gasteiger partial charge < -0.3 is 28.8 Å². The molecule has 1 N–H and O–H groups in total. The molecule has 1 aromatic carbocycles. The summed E-state index contributed by atoms with van der Waals surface area (Å²) in [5.74, 6) is -2.01. The van der Waals surface area contributed by atoms with Gasteiger partial charge in [0.1, 0.15) is 11.9 Å². The zero-order valence-electron chi connectivity index (χ0n) is 17.0. The van der Waals surface area contributed by atoms with Crippen molar-refractivity contribution in [3.05, 3.63) is 29.8 Å². The highest BCUT2D eigenvalue weighted by atomic mass is 16.7. The fourth-order valence-electron chi connectivity index (χ4n) is 3.00. The lowest BCUT2D eigenvalue weighted by Gasteiger charge is -2.43. The Hall–Kier alpha value is -2.98. The van der Waals surface area contributed by atoms with Gasteiger partial charge >= 0.3 is 17.9 Å². The lowest BCUT2D eigenvalue weighted by Crippen LogP contribution is -2.63. The van der Waals surface area contributed by atoms with Gasteiger partial charge in [-0.25, -0.2) is 0 Å². The summed E-state index contributed by atoms with van der Waals surface area (Å²) in [6.45, 7) is 4.24. The molecule has 1 fully saturated rings. The first kappa shape index (κ1) is 23.3. The molecule has 1 aromatic rings. The summed E-state index contributed by atoms with van der Waals surface area (Å²) in [5.41, 5.74) is 0.462. The molecule has 0 radical (unpaired) electrons. The summed E-state index contributed by atoms with van der Waals surface area (Å²) >= 11 is 0. The molecule has 0 saturated carbocycles. The Morgan fingerprint density at radius 1 is 0.833 bits per heavy atom. The zero-order valence-corrected chi connectivity index (χ0v) is 17.0. The summed E-state index contributed by atoms with van der Waals surface area (Å²) in [4.78, 5) is 46.3. The Labute approximate surface area is 173 Å². The van der Waals surface area contributed by atoms with Crippen molar-refractivity contribution in [2.75, 3.05) is 6.61 Å². The number of ether oxygens (including phenoxy) is 5. The van der Waals surface area contributed by atoms with Gasteiger partial charge in [0.15, 0.2) is 18.0 Å². The van der Waals surface area contributed by atoms with Crippen LogP contribution in [0.25, 0.3) is 0 Å². The SMILES string of the molecule is CC(=O)O[C@@H]1[C@@H](OC(C)=O)[C@H](Oc2ccc(C(C)=O)cc2)O[C@H](CO)[C@H]1OC(C)=O. The van der Waals surface area contributed by atoms with Crippen molar-refractivity contribution in [1.29, 1.82) is 0 Å². The minimum Gasteiger partial charge on any atom is -0.461 e. The van der Waals surface area contributed by atoms with Crippen LogP contribution in [0.3, 0.4) is 0 Å². The van der Waals surface area contributed by atoms with Crippen molar-refractivity contribution in [2.24, 2.45) is 0 Å². The molecule has 30 heavy (non-hydrogen) atoms. The number of hydrogen-bond acceptors (Lipinski definition) is 10. The van der Waals surface area contributed by atoms with E-state index in [0.717, 1.165) is 20.8 Å². The predicted molar refractivity (Wildman–Crippen MR) is 99.5 cm³/mol. The minimum absolute atomic E-state index is 0.132. The van der Waals surface area contributed by atoms with Crippen molar-refractivity contribution in [2.45, 2.75) is 58.4 Å². The molecule has 0 unspecified atom stereocenters. The average molecular weight is 424 g/mol. The summed E-state index contributed by atoms with van der Waals surface area (Å²) in [6.07, 6.45) is -6.24. The number of ketones is 1. The van der Waals surface area contributed by atoms with E-state index in [4.69, 9.17) is 23.7 Å². The van der Waals surface area contributed by atoms with Gasteiger partial charge in [0, 0.05) is 26.3 Å². The smallest absolute Gasteiger partial charge is 0.303 e. The van der Waals surface area contributed by atoms with Crippen molar-refractivity contribution in [3.63, 3.8) is 0 Å². The molecule has 0 spiro atoms. The number of Topliss-reactive ketones (excluding diaryl/α,β-unsaturated/α-hetero) is 1. The van der Waals surface area contributed by atoms with E-state index in [-0.39, 0.29) is 11.5 Å². The maximum atomic E-state index is 11.7. The minimum atomic E-state index is -1.30. The number of esters is 3. The van der Waals surface area contributed by atoms with Crippen LogP contribution in [-0.4, -0.2) is 66.1 Å². The second-order valence-corrected chi connectivity index (χ2v) is 6.65. The fourth-order valence-corrected chi connectivity index (χ4v) is 3.00. The van der Waals surface area contributed by atoms with Crippen molar-refractivity contribution in [1.82, 2.24) is 0 Å². The highest BCUT2D eigenvalue weighted by Gasteiger charge is 2.52. The Morgan fingerprint density at radius 2 is 1.33 bits per heavy atom. The summed E-state index contributed by atoms with van der Waals surface area (Å²) < 4.78 is 27.1. The van der Waals surface area contributed by atoms with Gasteiger partial charge in [-0.05, 0) is 31.2 Å². The Kier molecular flexibility index (Phi) is 7.90. The van der Waals surface area contributed by atoms with E-state index in [1.165, 1.54) is 31.2 Å². The third kappa shape index (κ3) is 6.01. The van der Waals surface area contributed by atoms with Crippen LogP contribution in [0.15, 0.2) is 24.3 Å². The highest BCUT2D eigenvalue weighted by Crippen LogP contribution is 2.30. The molecule has 0 aliphatic carbocycles. The Balaban J connectivity index is 2.38. The zero-order chi connectivity index (χ0) is 22.4. The molecule has 10 heteroatoms. The van der Waals surface area contributed by atoms with Gasteiger partial charge in [-0.1, -0.05) is 0 Å². The monoisotopic (exact) mass is 424 g/mol. The Bertz CT molecular complexity index is 787. The lowest BCUT2D eigenvalue weighted by atomic mass is 9.98. The van der Waals surface area contributed by atoms with E-state index < -0.39 is 55.2 Å². The van der Waals surface area contributed by atoms with E-state index in [2.05, 4.69) is 0 Å². The molecule has 1 saturated heterocycles. The summed E-state index contributed by atoms with van der Waals surface area (Å²) in [6, 6.07) is 6.10. The Morgan fingerprint density at radius 3 is 1.80 bits per heavy atom. The third-order valence-corrected chi connectivity index (χ3v) is 4.19. The number of benzene rings is 1. The summed E-state index contributed by atoms with van der Waals surface area (Å²) in [5, 5.41) is 9.72. The topological polar surface area (TPSA) is 135 Å². The second kappa shape index (κ2) is 10.2. The molecule has 0 amide bonds. The van der Waals surface area contributed by atoms with Gasteiger partial charge in [-0.3, -0.25) is 19.2 Å². The average Bonchev–Trinajstić information content (AvgIpc) is 2.65. The largest absolute Gasteiger partial charge is 0.461 e. The van der Waals surface area contributed by atoms with Crippen molar-refractivity contribution in [3.8, 4) is 5.75 Å². The van der Waals surface area contributed by atoms with Crippen molar-refractivity contribution >= 4 is 23.7 Å². The normalized spacial score (nSPS) is 25.7. The van der Waals surface area contributed by atoms with E-state index in [0.29, 0.717) is 5.56 Å². The molecular formula is C20H24O10. The number of hydrogen-bond donors (Lipinski definition) is 1. The van der Waals surface area contributed by atoms with Crippen LogP contribution < -0.4 is 4.74 Å². The van der Waals surface area contributed by atoms with Gasteiger partial charge in [0.25, 0.3) is 0 Å². The van der Waals surface area contributed by atoms with E-state index in [1.54, 1.807) is 0 Å². The fraction of sp³-hybridized carbons (Fsp3) is 0.500. The first-order valence-corrected chi connectivity index (χ1v) is 9.18. The first-order valence-electron chi connectivity index (χ1n) is 9.18. The number of carbonyl (C=O) groups excluding carboxylic acids is 4. The maximum absolute atomic E-state index is 11.7. The van der Waals surface area contributed by atoms with Gasteiger partial charge in [-0.15, -0.1) is 0 Å². The third-order valence-electron chi connectivity index (χ3n) is 4.19. The van der Waals surface area contributed by atoms with E-state index in [9.17, 15) is 24.3 Å². The van der Waals surface area contributed by atoms with E-state index >= 15 is 0 Å². The molecule has 1 heterocycles. The molecule has 5 atom stereocenters. The number of aliphatic hydroxyl groups is 1. The quantitative estimate of drug-likeness (QED) is 0.380. The number of carbonyl (C=O) groups is 4. The molecule has 10 nitrogen and oxygen atoms in total. The highest BCUT2D eigenvalue weighted by molar-refractivity contribution is 5.94. The van der Waals surface area contributed by atoms with Gasteiger partial charge in [-0.2, -0.15) is 0 Å². The van der Waals surface area contributed by atoms with Gasteiger partial charge in [0.05, 0.1) is 6.61 Å². The van der Waals surface area contributed by atoms with Crippen LogP contribution in [0.4, 0.5) is 0 Å². The second-order valence-electron chi connectivity index (χ2n) is 6.65. The van der Waals surface area contributed by atoms with Gasteiger partial charge in [0.2, 0.25) is 12.4 Å². The van der Waals surface area contributed by atoms with Crippen LogP contribution >= 0.6 is 0 Å². The van der Waals surface area contributed by atoms with Crippen LogP contribution in [0.2, 0.25) is 0 Å². The standard InChI is InChI=1S/C20H24O10/c1-10(22)14-5-7-15(8-6-14)29-20-19(28-13(4)25)18(27-12(3)24)17(26-11(2)23)16(9-21)30-20/h5-8,16-21H,9H2,1-4H3/t16-,17-,18+,19-,20-/m1/s1. The van der Waals surface area contributed by atoms with Crippen LogP contribution in [0, 0.1) is 0 Å². The van der Waals surface area contributed by atoms with Crippen LogP contribution in [0.1, 0.15) is 38.1 Å². The van der Waals surface area contributed by atoms with Crippen LogP contribution in [-0.2, 0) is 33.3 Å². The van der Waals surface area contributed by atoms with Crippen molar-refractivity contribution < 1.29 is 48.0 Å². The van der Waals surface area contributed by atoms with E-state index in [1.807, 2.05) is 0 Å². The van der Waals surface area contributed by atoms with Crippen LogP contribution in [0.5, 0.6) is 5.75 Å². The molecule has 0 bridgehead atoms.